The van der Waals surface area contributed by atoms with Crippen molar-refractivity contribution in [2.75, 3.05) is 6.54 Å². The molecule has 1 aliphatic heterocycles. The van der Waals surface area contributed by atoms with Gasteiger partial charge >= 0.3 is 0 Å². The van der Waals surface area contributed by atoms with Crippen LogP contribution < -0.4 is 0 Å². The lowest BCUT2D eigenvalue weighted by Gasteiger charge is -2.41. The third-order valence-corrected chi connectivity index (χ3v) is 4.78. The molecule has 0 aliphatic carbocycles. The van der Waals surface area contributed by atoms with E-state index in [4.69, 9.17) is 0 Å². The fourth-order valence-electron chi connectivity index (χ4n) is 2.96. The Balaban J connectivity index is 2.30. The molecule has 1 aliphatic rings. The largest absolute Gasteiger partial charge is 0.335 e. The van der Waals surface area contributed by atoms with Crippen molar-refractivity contribution in [1.29, 1.82) is 0 Å². The lowest BCUT2D eigenvalue weighted by atomic mass is 9.85. The Kier molecular flexibility index (Phi) is 4.34. The van der Waals surface area contributed by atoms with E-state index in [2.05, 4.69) is 36.7 Å². The molecule has 1 heterocycles. The van der Waals surface area contributed by atoms with Crippen molar-refractivity contribution < 1.29 is 4.79 Å². The topological polar surface area (TPSA) is 20.3 Å². The predicted molar refractivity (Wildman–Crippen MR) is 82.3 cm³/mol. The van der Waals surface area contributed by atoms with Crippen molar-refractivity contribution in [3.8, 4) is 0 Å². The van der Waals surface area contributed by atoms with Crippen molar-refractivity contribution in [1.82, 2.24) is 4.90 Å². The van der Waals surface area contributed by atoms with Gasteiger partial charge in [-0.3, -0.25) is 4.79 Å². The molecule has 2 nitrogen and oxygen atoms in total. The number of likely N-dealkylation sites (tertiary alicyclic amines) is 1. The summed E-state index contributed by atoms with van der Waals surface area (Å²) >= 11 is 3.46. The first-order valence-corrected chi connectivity index (χ1v) is 7.76. The Morgan fingerprint density at radius 3 is 2.68 bits per heavy atom. The van der Waals surface area contributed by atoms with Gasteiger partial charge in [0.1, 0.15) is 0 Å². The predicted octanol–water partition coefficient (Wildman–Crippen LogP) is 4.26. The number of benzene rings is 1. The zero-order valence-corrected chi connectivity index (χ0v) is 13.7. The quantitative estimate of drug-likeness (QED) is 0.756. The fourth-order valence-corrected chi connectivity index (χ4v) is 3.32. The molecule has 19 heavy (non-hydrogen) atoms. The van der Waals surface area contributed by atoms with Crippen LogP contribution in [0.1, 0.15) is 43.1 Å². The molecule has 3 unspecified atom stereocenters. The molecule has 0 aromatic heterocycles. The van der Waals surface area contributed by atoms with Gasteiger partial charge in [-0.25, -0.2) is 0 Å². The summed E-state index contributed by atoms with van der Waals surface area (Å²) < 4.78 is 0.965. The second-order valence-electron chi connectivity index (χ2n) is 5.98. The van der Waals surface area contributed by atoms with Gasteiger partial charge in [-0.2, -0.15) is 0 Å². The molecule has 1 aromatic rings. The van der Waals surface area contributed by atoms with Crippen LogP contribution in [0.3, 0.4) is 0 Å². The third kappa shape index (κ3) is 3.02. The molecule has 3 heteroatoms. The highest BCUT2D eigenvalue weighted by Crippen LogP contribution is 2.29. The van der Waals surface area contributed by atoms with Crippen LogP contribution in [0.2, 0.25) is 0 Å². The summed E-state index contributed by atoms with van der Waals surface area (Å²) in [5.41, 5.74) is 1.87. The van der Waals surface area contributed by atoms with E-state index in [0.29, 0.717) is 17.9 Å². The number of rotatable bonds is 1. The van der Waals surface area contributed by atoms with Crippen LogP contribution in [-0.4, -0.2) is 23.4 Å². The maximum Gasteiger partial charge on any atom is 0.254 e. The Labute approximate surface area is 124 Å². The monoisotopic (exact) mass is 323 g/mol. The molecule has 0 saturated carbocycles. The molecule has 1 saturated heterocycles. The Bertz CT molecular complexity index is 486. The average Bonchev–Trinajstić information content (AvgIpc) is 2.36. The summed E-state index contributed by atoms with van der Waals surface area (Å²) in [4.78, 5) is 14.8. The fraction of sp³-hybridized carbons (Fsp3) is 0.562. The second-order valence-corrected chi connectivity index (χ2v) is 6.89. The summed E-state index contributed by atoms with van der Waals surface area (Å²) in [7, 11) is 0. The van der Waals surface area contributed by atoms with Crippen LogP contribution in [0.25, 0.3) is 0 Å². The third-order valence-electron chi connectivity index (χ3n) is 4.29. The van der Waals surface area contributed by atoms with E-state index in [1.54, 1.807) is 0 Å². The molecule has 0 N–H and O–H groups in total. The van der Waals surface area contributed by atoms with E-state index in [9.17, 15) is 4.79 Å². The van der Waals surface area contributed by atoms with Gasteiger partial charge < -0.3 is 4.90 Å². The average molecular weight is 324 g/mol. The molecule has 3 atom stereocenters. The number of amides is 1. The molecule has 1 amide bonds. The highest BCUT2D eigenvalue weighted by Gasteiger charge is 2.32. The van der Waals surface area contributed by atoms with E-state index in [1.807, 2.05) is 30.0 Å². The van der Waals surface area contributed by atoms with Crippen molar-refractivity contribution >= 4 is 21.8 Å². The summed E-state index contributed by atoms with van der Waals surface area (Å²) in [6.45, 7) is 9.52. The van der Waals surface area contributed by atoms with Gasteiger partial charge in [0.25, 0.3) is 5.91 Å². The lowest BCUT2D eigenvalue weighted by Crippen LogP contribution is -2.49. The van der Waals surface area contributed by atoms with Crippen LogP contribution in [-0.2, 0) is 0 Å². The molecule has 1 aromatic carbocycles. The number of carbonyl (C=O) groups is 1. The number of hydrogen-bond acceptors (Lipinski definition) is 1. The highest BCUT2D eigenvalue weighted by molar-refractivity contribution is 9.10. The highest BCUT2D eigenvalue weighted by atomic mass is 79.9. The van der Waals surface area contributed by atoms with Crippen LogP contribution in [0.5, 0.6) is 0 Å². The number of nitrogens with zero attached hydrogens (tertiary/aromatic N) is 1. The van der Waals surface area contributed by atoms with Crippen molar-refractivity contribution in [3.05, 3.63) is 33.8 Å². The zero-order valence-electron chi connectivity index (χ0n) is 12.1. The number of carbonyl (C=O) groups excluding carboxylic acids is 1. The van der Waals surface area contributed by atoms with Crippen molar-refractivity contribution in [2.24, 2.45) is 11.8 Å². The Hall–Kier alpha value is -0.830. The van der Waals surface area contributed by atoms with Gasteiger partial charge in [-0.05, 0) is 49.8 Å². The van der Waals surface area contributed by atoms with E-state index >= 15 is 0 Å². The van der Waals surface area contributed by atoms with Gasteiger partial charge in [0.05, 0.1) is 0 Å². The molecule has 0 radical (unpaired) electrons. The minimum atomic E-state index is 0.171. The first-order valence-electron chi connectivity index (χ1n) is 6.97. The van der Waals surface area contributed by atoms with Crippen LogP contribution in [0.15, 0.2) is 22.7 Å². The van der Waals surface area contributed by atoms with E-state index < -0.39 is 0 Å². The van der Waals surface area contributed by atoms with Crippen molar-refractivity contribution in [2.45, 2.75) is 40.2 Å². The minimum Gasteiger partial charge on any atom is -0.335 e. The first kappa shape index (κ1) is 14.6. The van der Waals surface area contributed by atoms with Gasteiger partial charge in [-0.15, -0.1) is 0 Å². The Morgan fingerprint density at radius 2 is 2.00 bits per heavy atom. The lowest BCUT2D eigenvalue weighted by molar-refractivity contribution is 0.0455. The van der Waals surface area contributed by atoms with E-state index in [-0.39, 0.29) is 5.91 Å². The van der Waals surface area contributed by atoms with Gasteiger partial charge in [0.15, 0.2) is 0 Å². The summed E-state index contributed by atoms with van der Waals surface area (Å²) in [5.74, 6) is 1.33. The van der Waals surface area contributed by atoms with Crippen LogP contribution in [0, 0.1) is 18.8 Å². The van der Waals surface area contributed by atoms with Crippen LogP contribution in [0.4, 0.5) is 0 Å². The zero-order chi connectivity index (χ0) is 14.2. The standard InChI is InChI=1S/C16H22BrNO/c1-10-7-12(3)13(4)18(9-10)16(19)15-8-14(17)6-5-11(15)2/h5-6,8,10,12-13H,7,9H2,1-4H3. The van der Waals surface area contributed by atoms with Crippen molar-refractivity contribution in [3.63, 3.8) is 0 Å². The number of hydrogen-bond donors (Lipinski definition) is 0. The smallest absolute Gasteiger partial charge is 0.254 e. The maximum absolute atomic E-state index is 12.8. The molecular formula is C16H22BrNO. The van der Waals surface area contributed by atoms with Crippen LogP contribution >= 0.6 is 15.9 Å². The molecular weight excluding hydrogens is 302 g/mol. The molecule has 2 rings (SSSR count). The number of halogens is 1. The molecule has 0 spiro atoms. The second kappa shape index (κ2) is 5.66. The first-order chi connectivity index (χ1) is 8.90. The summed E-state index contributed by atoms with van der Waals surface area (Å²) in [6, 6.07) is 6.24. The number of piperidine rings is 1. The maximum atomic E-state index is 12.8. The molecule has 0 bridgehead atoms. The number of aryl methyl sites for hydroxylation is 1. The molecule has 1 fully saturated rings. The van der Waals surface area contributed by atoms with E-state index in [1.165, 1.54) is 6.42 Å². The summed E-state index contributed by atoms with van der Waals surface area (Å²) in [5, 5.41) is 0. The minimum absolute atomic E-state index is 0.171. The summed E-state index contributed by atoms with van der Waals surface area (Å²) in [6.07, 6.45) is 1.21. The van der Waals surface area contributed by atoms with Gasteiger partial charge in [-0.1, -0.05) is 35.8 Å². The SMILES string of the molecule is Cc1ccc(Br)cc1C(=O)N1CC(C)CC(C)C1C. The Morgan fingerprint density at radius 1 is 1.32 bits per heavy atom. The molecule has 104 valence electrons. The van der Waals surface area contributed by atoms with Gasteiger partial charge in [0.2, 0.25) is 0 Å². The normalized spacial score (nSPS) is 27.4. The van der Waals surface area contributed by atoms with Gasteiger partial charge in [0, 0.05) is 22.6 Å². The van der Waals surface area contributed by atoms with E-state index in [0.717, 1.165) is 22.1 Å².